The summed E-state index contributed by atoms with van der Waals surface area (Å²) in [5.74, 6) is 0.617. The molecule has 4 nitrogen and oxygen atoms in total. The lowest BCUT2D eigenvalue weighted by Crippen LogP contribution is -2.35. The van der Waals surface area contributed by atoms with E-state index in [9.17, 15) is 4.79 Å². The van der Waals surface area contributed by atoms with E-state index in [0.717, 1.165) is 16.8 Å². The van der Waals surface area contributed by atoms with Crippen LogP contribution in [0.15, 0.2) is 48.5 Å². The van der Waals surface area contributed by atoms with Gasteiger partial charge in [-0.05, 0) is 43.2 Å². The predicted octanol–water partition coefficient (Wildman–Crippen LogP) is 2.89. The second kappa shape index (κ2) is 7.61. The van der Waals surface area contributed by atoms with E-state index >= 15 is 0 Å². The van der Waals surface area contributed by atoms with Crippen molar-refractivity contribution in [3.8, 4) is 5.75 Å². The number of benzene rings is 2. The maximum absolute atomic E-state index is 12.4. The molecule has 0 saturated heterocycles. The number of carbonyl (C=O) groups excluding carboxylic acids is 1. The number of carbonyl (C=O) groups is 1. The average molecular weight is 298 g/mol. The fraction of sp³-hybridized carbons (Fsp3) is 0.278. The lowest BCUT2D eigenvalue weighted by Gasteiger charge is -2.23. The monoisotopic (exact) mass is 298 g/mol. The molecule has 0 heterocycles. The van der Waals surface area contributed by atoms with Crippen molar-refractivity contribution in [1.82, 2.24) is 0 Å². The van der Waals surface area contributed by atoms with E-state index in [1.165, 1.54) is 0 Å². The van der Waals surface area contributed by atoms with Gasteiger partial charge in [0.2, 0.25) is 0 Å². The molecule has 0 fully saturated rings. The molecule has 2 rings (SSSR count). The molecule has 0 spiro atoms. The number of hydrogen-bond donors (Lipinski definition) is 1. The summed E-state index contributed by atoms with van der Waals surface area (Å²) < 4.78 is 5.58. The van der Waals surface area contributed by atoms with Crippen LogP contribution in [-0.2, 0) is 11.3 Å². The number of likely N-dealkylation sites (N-methyl/N-ethyl adjacent to an activating group) is 1. The third-order valence-electron chi connectivity index (χ3n) is 3.54. The summed E-state index contributed by atoms with van der Waals surface area (Å²) in [6.45, 7) is 5.08. The second-order valence-electron chi connectivity index (χ2n) is 5.06. The molecule has 0 aliphatic carbocycles. The molecule has 2 aromatic rings. The smallest absolute Gasteiger partial charge is 0.264 e. The number of nitrogens with two attached hydrogens (primary N) is 1. The van der Waals surface area contributed by atoms with E-state index in [0.29, 0.717) is 18.8 Å². The van der Waals surface area contributed by atoms with E-state index < -0.39 is 0 Å². The number of rotatable bonds is 6. The van der Waals surface area contributed by atoms with Gasteiger partial charge in [0.1, 0.15) is 5.75 Å². The largest absolute Gasteiger partial charge is 0.484 e. The molecule has 0 aromatic heterocycles. The zero-order chi connectivity index (χ0) is 15.9. The summed E-state index contributed by atoms with van der Waals surface area (Å²) in [5.41, 5.74) is 8.59. The van der Waals surface area contributed by atoms with Crippen LogP contribution in [0, 0.1) is 6.92 Å². The average Bonchev–Trinajstić information content (AvgIpc) is 2.56. The topological polar surface area (TPSA) is 55.6 Å². The summed E-state index contributed by atoms with van der Waals surface area (Å²) in [6.07, 6.45) is 0. The Morgan fingerprint density at radius 1 is 1.14 bits per heavy atom. The van der Waals surface area contributed by atoms with E-state index in [-0.39, 0.29) is 12.5 Å². The van der Waals surface area contributed by atoms with Gasteiger partial charge >= 0.3 is 0 Å². The van der Waals surface area contributed by atoms with Crippen molar-refractivity contribution >= 4 is 11.6 Å². The first-order valence-corrected chi connectivity index (χ1v) is 7.43. The van der Waals surface area contributed by atoms with Crippen molar-refractivity contribution in [2.45, 2.75) is 20.4 Å². The lowest BCUT2D eigenvalue weighted by molar-refractivity contribution is -0.120. The normalized spacial score (nSPS) is 10.3. The molecule has 116 valence electrons. The fourth-order valence-electron chi connectivity index (χ4n) is 2.29. The van der Waals surface area contributed by atoms with Gasteiger partial charge in [0.25, 0.3) is 5.91 Å². The highest BCUT2D eigenvalue weighted by Crippen LogP contribution is 2.19. The number of para-hydroxylation sites is 1. The van der Waals surface area contributed by atoms with Gasteiger partial charge in [-0.1, -0.05) is 30.3 Å². The van der Waals surface area contributed by atoms with Crippen molar-refractivity contribution in [3.63, 3.8) is 0 Å². The molecule has 1 amide bonds. The Morgan fingerprint density at radius 2 is 1.82 bits per heavy atom. The van der Waals surface area contributed by atoms with E-state index in [4.69, 9.17) is 10.5 Å². The van der Waals surface area contributed by atoms with Crippen LogP contribution >= 0.6 is 0 Å². The Bertz CT molecular complexity index is 623. The molecule has 2 N–H and O–H groups in total. The zero-order valence-corrected chi connectivity index (χ0v) is 13.1. The Balaban J connectivity index is 2.02. The number of amides is 1. The molecule has 0 aliphatic rings. The van der Waals surface area contributed by atoms with E-state index in [1.54, 1.807) is 4.90 Å². The van der Waals surface area contributed by atoms with Crippen molar-refractivity contribution in [2.75, 3.05) is 18.1 Å². The molecular weight excluding hydrogens is 276 g/mol. The maximum atomic E-state index is 12.4. The highest BCUT2D eigenvalue weighted by Gasteiger charge is 2.16. The minimum atomic E-state index is -0.0558. The van der Waals surface area contributed by atoms with Crippen LogP contribution in [0.4, 0.5) is 5.69 Å². The fourth-order valence-corrected chi connectivity index (χ4v) is 2.29. The summed E-state index contributed by atoms with van der Waals surface area (Å²) in [4.78, 5) is 14.1. The first-order valence-electron chi connectivity index (χ1n) is 7.43. The highest BCUT2D eigenvalue weighted by molar-refractivity contribution is 5.95. The van der Waals surface area contributed by atoms with Crippen molar-refractivity contribution in [2.24, 2.45) is 5.73 Å². The van der Waals surface area contributed by atoms with Crippen LogP contribution in [0.5, 0.6) is 5.75 Å². The summed E-state index contributed by atoms with van der Waals surface area (Å²) in [7, 11) is 0. The molecule has 22 heavy (non-hydrogen) atoms. The highest BCUT2D eigenvalue weighted by atomic mass is 16.5. The van der Waals surface area contributed by atoms with Crippen LogP contribution < -0.4 is 15.4 Å². The van der Waals surface area contributed by atoms with Crippen molar-refractivity contribution < 1.29 is 9.53 Å². The number of hydrogen-bond acceptors (Lipinski definition) is 3. The second-order valence-corrected chi connectivity index (χ2v) is 5.06. The third kappa shape index (κ3) is 3.86. The maximum Gasteiger partial charge on any atom is 0.264 e. The van der Waals surface area contributed by atoms with Crippen molar-refractivity contribution in [1.29, 1.82) is 0 Å². The van der Waals surface area contributed by atoms with Gasteiger partial charge < -0.3 is 15.4 Å². The van der Waals surface area contributed by atoms with Crippen LogP contribution in [0.25, 0.3) is 0 Å². The zero-order valence-electron chi connectivity index (χ0n) is 13.1. The van der Waals surface area contributed by atoms with Crippen LogP contribution in [0.2, 0.25) is 0 Å². The van der Waals surface area contributed by atoms with Gasteiger partial charge in [-0.2, -0.15) is 0 Å². The molecule has 0 atom stereocenters. The van der Waals surface area contributed by atoms with Crippen molar-refractivity contribution in [3.05, 3.63) is 59.7 Å². The number of aryl methyl sites for hydroxylation is 1. The quantitative estimate of drug-likeness (QED) is 0.892. The Kier molecular flexibility index (Phi) is 5.55. The Morgan fingerprint density at radius 3 is 2.41 bits per heavy atom. The van der Waals surface area contributed by atoms with Crippen LogP contribution in [0.1, 0.15) is 18.1 Å². The molecule has 0 radical (unpaired) electrons. The van der Waals surface area contributed by atoms with E-state index in [2.05, 4.69) is 0 Å². The summed E-state index contributed by atoms with van der Waals surface area (Å²) in [5, 5.41) is 0. The minimum Gasteiger partial charge on any atom is -0.484 e. The standard InChI is InChI=1S/C18H22N2O2/c1-3-20(17-7-5-4-6-14(17)2)18(21)13-22-16-10-8-15(12-19)9-11-16/h4-11H,3,12-13,19H2,1-2H3. The van der Waals surface area contributed by atoms with Gasteiger partial charge in [-0.15, -0.1) is 0 Å². The SMILES string of the molecule is CCN(C(=O)COc1ccc(CN)cc1)c1ccccc1C. The van der Waals surface area contributed by atoms with Crippen LogP contribution in [0.3, 0.4) is 0 Å². The summed E-state index contributed by atoms with van der Waals surface area (Å²) >= 11 is 0. The van der Waals surface area contributed by atoms with E-state index in [1.807, 2.05) is 62.4 Å². The Hall–Kier alpha value is -2.33. The first-order chi connectivity index (χ1) is 10.7. The van der Waals surface area contributed by atoms with Gasteiger partial charge in [-0.3, -0.25) is 4.79 Å². The van der Waals surface area contributed by atoms with Crippen LogP contribution in [-0.4, -0.2) is 19.1 Å². The first kappa shape index (κ1) is 16.0. The third-order valence-corrected chi connectivity index (χ3v) is 3.54. The number of anilines is 1. The van der Waals surface area contributed by atoms with Gasteiger partial charge in [0, 0.05) is 18.8 Å². The summed E-state index contributed by atoms with van der Waals surface area (Å²) in [6, 6.07) is 15.3. The molecular formula is C18H22N2O2. The molecule has 4 heteroatoms. The number of ether oxygens (including phenoxy) is 1. The molecule has 0 bridgehead atoms. The Labute approximate surface area is 131 Å². The molecule has 2 aromatic carbocycles. The van der Waals surface area contributed by atoms with Gasteiger partial charge in [0.05, 0.1) is 0 Å². The molecule has 0 aliphatic heterocycles. The number of nitrogens with zero attached hydrogens (tertiary/aromatic N) is 1. The minimum absolute atomic E-state index is 0.0180. The van der Waals surface area contributed by atoms with Gasteiger partial charge in [-0.25, -0.2) is 0 Å². The predicted molar refractivity (Wildman–Crippen MR) is 89.0 cm³/mol. The molecule has 0 saturated carbocycles. The molecule has 0 unspecified atom stereocenters. The lowest BCUT2D eigenvalue weighted by atomic mass is 10.2. The van der Waals surface area contributed by atoms with Gasteiger partial charge in [0.15, 0.2) is 6.61 Å².